The minimum atomic E-state index is -0.234. The highest BCUT2D eigenvalue weighted by Gasteiger charge is 2.38. The summed E-state index contributed by atoms with van der Waals surface area (Å²) in [6.07, 6.45) is 10.1. The summed E-state index contributed by atoms with van der Waals surface area (Å²) in [5.74, 6) is -0.234. The smallest absolute Gasteiger partial charge is 0.341 e. The molecule has 1 aromatic heterocycles. The van der Waals surface area contributed by atoms with Gasteiger partial charge in [-0.25, -0.2) is 4.79 Å². The van der Waals surface area contributed by atoms with Gasteiger partial charge in [0.15, 0.2) is 0 Å². The van der Waals surface area contributed by atoms with E-state index < -0.39 is 0 Å². The average Bonchev–Trinajstić information content (AvgIpc) is 2.75. The first-order valence-electron chi connectivity index (χ1n) is 7.72. The van der Waals surface area contributed by atoms with E-state index in [-0.39, 0.29) is 5.97 Å². The fourth-order valence-corrected chi connectivity index (χ4v) is 5.20. The summed E-state index contributed by atoms with van der Waals surface area (Å²) in [5, 5.41) is 0.654. The number of carbonyl (C=O) groups excluding carboxylic acids is 1. The van der Waals surface area contributed by atoms with Gasteiger partial charge in [0.1, 0.15) is 5.00 Å². The van der Waals surface area contributed by atoms with Crippen LogP contribution in [0.4, 0.5) is 5.00 Å². The standard InChI is InChI=1S/C16H23NO2S/c1-2-19-15(18)13-11-6-9-16(7-4-3-5-8-16)10-12(11)20-14(13)17/h2-10,17H2,1H3. The normalized spacial score (nSPS) is 20.6. The maximum absolute atomic E-state index is 12.1. The van der Waals surface area contributed by atoms with Crippen LogP contribution in [0.1, 0.15) is 66.2 Å². The van der Waals surface area contributed by atoms with Gasteiger partial charge >= 0.3 is 5.97 Å². The van der Waals surface area contributed by atoms with Crippen molar-refractivity contribution in [2.75, 3.05) is 12.3 Å². The lowest BCUT2D eigenvalue weighted by Gasteiger charge is -2.40. The highest BCUT2D eigenvalue weighted by atomic mass is 32.1. The largest absolute Gasteiger partial charge is 0.462 e. The average molecular weight is 293 g/mol. The van der Waals surface area contributed by atoms with Gasteiger partial charge in [-0.05, 0) is 50.0 Å². The van der Waals surface area contributed by atoms with Gasteiger partial charge < -0.3 is 10.5 Å². The van der Waals surface area contributed by atoms with Gasteiger partial charge in [0.2, 0.25) is 0 Å². The third-order valence-corrected chi connectivity index (χ3v) is 6.01. The maximum Gasteiger partial charge on any atom is 0.341 e. The molecule has 3 rings (SSSR count). The first kappa shape index (κ1) is 13.9. The van der Waals surface area contributed by atoms with Gasteiger partial charge in [0.25, 0.3) is 0 Å². The molecule has 0 amide bonds. The second-order valence-corrected chi connectivity index (χ2v) is 7.34. The topological polar surface area (TPSA) is 52.3 Å². The Balaban J connectivity index is 1.88. The molecule has 1 aromatic rings. The molecule has 3 nitrogen and oxygen atoms in total. The molecular formula is C16H23NO2S. The predicted molar refractivity (Wildman–Crippen MR) is 82.2 cm³/mol. The SMILES string of the molecule is CCOC(=O)c1c(N)sc2c1CCC1(CCCCC1)C2. The molecule has 1 spiro atoms. The van der Waals surface area contributed by atoms with Crippen LogP contribution in [0.15, 0.2) is 0 Å². The van der Waals surface area contributed by atoms with Gasteiger partial charge in [0.05, 0.1) is 12.2 Å². The van der Waals surface area contributed by atoms with Gasteiger partial charge in [-0.15, -0.1) is 11.3 Å². The Bertz CT molecular complexity index is 515. The van der Waals surface area contributed by atoms with Gasteiger partial charge in [-0.3, -0.25) is 0 Å². The van der Waals surface area contributed by atoms with Crippen molar-refractivity contribution >= 4 is 22.3 Å². The van der Waals surface area contributed by atoms with Crippen LogP contribution in [-0.2, 0) is 17.6 Å². The number of esters is 1. The second-order valence-electron chi connectivity index (χ2n) is 6.20. The molecule has 0 atom stereocenters. The summed E-state index contributed by atoms with van der Waals surface area (Å²) in [6, 6.07) is 0. The molecular weight excluding hydrogens is 270 g/mol. The number of nitrogen functional groups attached to an aromatic ring is 1. The third-order valence-electron chi connectivity index (χ3n) is 4.95. The zero-order valence-corrected chi connectivity index (χ0v) is 13.0. The van der Waals surface area contributed by atoms with Crippen molar-refractivity contribution in [1.82, 2.24) is 0 Å². The monoisotopic (exact) mass is 293 g/mol. The molecule has 2 aliphatic carbocycles. The molecule has 0 unspecified atom stereocenters. The van der Waals surface area contributed by atoms with Crippen LogP contribution in [-0.4, -0.2) is 12.6 Å². The number of fused-ring (bicyclic) bond motifs is 1. The van der Waals surface area contributed by atoms with Crippen LogP contribution in [0.5, 0.6) is 0 Å². The quantitative estimate of drug-likeness (QED) is 0.840. The fraction of sp³-hybridized carbons (Fsp3) is 0.688. The van der Waals surface area contributed by atoms with Crippen molar-refractivity contribution in [3.63, 3.8) is 0 Å². The Morgan fingerprint density at radius 2 is 2.05 bits per heavy atom. The number of hydrogen-bond acceptors (Lipinski definition) is 4. The van der Waals surface area contributed by atoms with E-state index in [9.17, 15) is 4.79 Å². The molecule has 0 radical (unpaired) electrons. The molecule has 20 heavy (non-hydrogen) atoms. The molecule has 0 saturated heterocycles. The fourth-order valence-electron chi connectivity index (χ4n) is 3.92. The van der Waals surface area contributed by atoms with Crippen LogP contribution in [0, 0.1) is 5.41 Å². The second kappa shape index (κ2) is 5.40. The van der Waals surface area contributed by atoms with Crippen LogP contribution >= 0.6 is 11.3 Å². The minimum Gasteiger partial charge on any atom is -0.462 e. The Hall–Kier alpha value is -1.03. The highest BCUT2D eigenvalue weighted by molar-refractivity contribution is 7.16. The first-order valence-corrected chi connectivity index (χ1v) is 8.54. The van der Waals surface area contributed by atoms with Crippen molar-refractivity contribution in [1.29, 1.82) is 0 Å². The van der Waals surface area contributed by atoms with E-state index in [1.807, 2.05) is 6.92 Å². The number of carbonyl (C=O) groups is 1. The van der Waals surface area contributed by atoms with Crippen LogP contribution < -0.4 is 5.73 Å². The van der Waals surface area contributed by atoms with Crippen molar-refractivity contribution in [3.05, 3.63) is 16.0 Å². The van der Waals surface area contributed by atoms with Gasteiger partial charge in [0, 0.05) is 4.88 Å². The molecule has 0 aromatic carbocycles. The summed E-state index contributed by atoms with van der Waals surface area (Å²) in [5.41, 5.74) is 8.43. The zero-order chi connectivity index (χ0) is 14.2. The Morgan fingerprint density at radius 3 is 2.75 bits per heavy atom. The predicted octanol–water partition coefficient (Wildman–Crippen LogP) is 3.95. The summed E-state index contributed by atoms with van der Waals surface area (Å²) in [4.78, 5) is 13.4. The van der Waals surface area contributed by atoms with E-state index in [1.54, 1.807) is 11.3 Å². The molecule has 0 bridgehead atoms. The molecule has 1 saturated carbocycles. The van der Waals surface area contributed by atoms with E-state index in [0.29, 0.717) is 22.6 Å². The van der Waals surface area contributed by atoms with Gasteiger partial charge in [-0.1, -0.05) is 19.3 Å². The Morgan fingerprint density at radius 1 is 1.30 bits per heavy atom. The van der Waals surface area contributed by atoms with Crippen LogP contribution in [0.2, 0.25) is 0 Å². The van der Waals surface area contributed by atoms with Crippen molar-refractivity contribution in [2.45, 2.75) is 58.3 Å². The number of nitrogens with two attached hydrogens (primary N) is 1. The number of hydrogen-bond donors (Lipinski definition) is 1. The zero-order valence-electron chi connectivity index (χ0n) is 12.2. The van der Waals surface area contributed by atoms with E-state index in [1.165, 1.54) is 49.0 Å². The summed E-state index contributed by atoms with van der Waals surface area (Å²) in [7, 11) is 0. The van der Waals surface area contributed by atoms with Crippen molar-refractivity contribution < 1.29 is 9.53 Å². The van der Waals surface area contributed by atoms with E-state index in [2.05, 4.69) is 0 Å². The first-order chi connectivity index (χ1) is 9.65. The summed E-state index contributed by atoms with van der Waals surface area (Å²) in [6.45, 7) is 2.25. The molecule has 2 N–H and O–H groups in total. The lowest BCUT2D eigenvalue weighted by Crippen LogP contribution is -2.30. The number of thiophene rings is 1. The Kier molecular flexibility index (Phi) is 3.76. The van der Waals surface area contributed by atoms with Crippen molar-refractivity contribution in [3.8, 4) is 0 Å². The number of anilines is 1. The molecule has 2 aliphatic rings. The van der Waals surface area contributed by atoms with E-state index >= 15 is 0 Å². The third kappa shape index (κ3) is 2.34. The van der Waals surface area contributed by atoms with Crippen LogP contribution in [0.25, 0.3) is 0 Å². The number of ether oxygens (including phenoxy) is 1. The maximum atomic E-state index is 12.1. The summed E-state index contributed by atoms with van der Waals surface area (Å²) >= 11 is 1.62. The number of rotatable bonds is 2. The molecule has 110 valence electrons. The van der Waals surface area contributed by atoms with Crippen LogP contribution in [0.3, 0.4) is 0 Å². The highest BCUT2D eigenvalue weighted by Crippen LogP contribution is 2.49. The molecule has 0 aliphatic heterocycles. The lowest BCUT2D eigenvalue weighted by molar-refractivity contribution is 0.0525. The van der Waals surface area contributed by atoms with E-state index in [0.717, 1.165) is 12.8 Å². The van der Waals surface area contributed by atoms with Gasteiger partial charge in [-0.2, -0.15) is 0 Å². The summed E-state index contributed by atoms with van der Waals surface area (Å²) < 4.78 is 5.16. The molecule has 1 heterocycles. The molecule has 4 heteroatoms. The lowest BCUT2D eigenvalue weighted by atomic mass is 9.65. The molecule has 1 fully saturated rings. The van der Waals surface area contributed by atoms with Crippen molar-refractivity contribution in [2.24, 2.45) is 5.41 Å². The Labute approximate surface area is 124 Å². The van der Waals surface area contributed by atoms with E-state index in [4.69, 9.17) is 10.5 Å². The minimum absolute atomic E-state index is 0.234.